The van der Waals surface area contributed by atoms with Gasteiger partial charge in [-0.05, 0) is 44.8 Å². The van der Waals surface area contributed by atoms with Crippen LogP contribution in [0.15, 0.2) is 29.2 Å². The molecule has 4 N–H and O–H groups in total. The zero-order valence-corrected chi connectivity index (χ0v) is 14.5. The molecule has 130 valence electrons. The summed E-state index contributed by atoms with van der Waals surface area (Å²) < 4.78 is 22.3. The van der Waals surface area contributed by atoms with Gasteiger partial charge in [0.1, 0.15) is 0 Å². The molecule has 0 aliphatic rings. The van der Waals surface area contributed by atoms with Crippen LogP contribution in [0.1, 0.15) is 12.0 Å². The molecule has 0 aliphatic heterocycles. The largest absolute Gasteiger partial charge is 0.355 e. The Hall–Kier alpha value is -1.48. The molecular weight excluding hydrogens is 316 g/mol. The molecule has 0 aromatic heterocycles. The minimum absolute atomic E-state index is 0.0388. The quantitative estimate of drug-likeness (QED) is 0.499. The first-order chi connectivity index (χ1) is 10.8. The Kier molecular flexibility index (Phi) is 8.18. The Bertz CT molecular complexity index is 585. The molecule has 0 fully saturated rings. The summed E-state index contributed by atoms with van der Waals surface area (Å²) in [6.07, 6.45) is 1.20. The number of likely N-dealkylation sites (N-methyl/N-ethyl adjacent to an activating group) is 1. The minimum Gasteiger partial charge on any atom is -0.355 e. The predicted octanol–water partition coefficient (Wildman–Crippen LogP) is -0.466. The van der Waals surface area contributed by atoms with Crippen LogP contribution in [-0.2, 0) is 21.2 Å². The monoisotopic (exact) mass is 342 g/mol. The fourth-order valence-corrected chi connectivity index (χ4v) is 2.43. The molecule has 1 amide bonds. The van der Waals surface area contributed by atoms with Crippen LogP contribution in [0.25, 0.3) is 0 Å². The maximum absolute atomic E-state index is 11.6. The van der Waals surface area contributed by atoms with E-state index >= 15 is 0 Å². The first kappa shape index (κ1) is 19.6. The molecular formula is C15H26N4O3S. The van der Waals surface area contributed by atoms with Crippen molar-refractivity contribution in [2.45, 2.75) is 17.7 Å². The molecule has 23 heavy (non-hydrogen) atoms. The highest BCUT2D eigenvalue weighted by molar-refractivity contribution is 7.89. The first-order valence-corrected chi connectivity index (χ1v) is 9.07. The van der Waals surface area contributed by atoms with Gasteiger partial charge in [0.05, 0.1) is 4.90 Å². The van der Waals surface area contributed by atoms with Crippen molar-refractivity contribution < 1.29 is 13.2 Å². The molecule has 1 aromatic rings. The van der Waals surface area contributed by atoms with E-state index in [0.29, 0.717) is 19.5 Å². The molecule has 0 aliphatic carbocycles. The number of benzene rings is 1. The zero-order chi connectivity index (χ0) is 17.3. The smallest absolute Gasteiger partial charge is 0.238 e. The van der Waals surface area contributed by atoms with E-state index in [9.17, 15) is 13.2 Å². The predicted molar refractivity (Wildman–Crippen MR) is 90.6 cm³/mol. The summed E-state index contributed by atoms with van der Waals surface area (Å²) in [5.74, 6) is 0.0388. The Morgan fingerprint density at radius 1 is 1.13 bits per heavy atom. The van der Waals surface area contributed by atoms with Crippen LogP contribution >= 0.6 is 0 Å². The highest BCUT2D eigenvalue weighted by Gasteiger charge is 2.06. The summed E-state index contributed by atoms with van der Waals surface area (Å²) in [7, 11) is 0.288. The summed E-state index contributed by atoms with van der Waals surface area (Å²) in [5.41, 5.74) is 1.01. The maximum atomic E-state index is 11.6. The lowest BCUT2D eigenvalue weighted by Gasteiger charge is -2.10. The van der Waals surface area contributed by atoms with Crippen molar-refractivity contribution in [1.29, 1.82) is 0 Å². The molecule has 0 bridgehead atoms. The number of primary sulfonamides is 1. The molecule has 1 rings (SSSR count). The normalized spacial score (nSPS) is 11.7. The average molecular weight is 342 g/mol. The standard InChI is InChI=1S/C15H26N4O3S/c1-19(2)12-11-18-15(20)8-10-17-9-7-13-3-5-14(6-4-13)23(16,21)22/h3-6,17H,7-12H2,1-2H3,(H,18,20)(H2,16,21,22). The minimum atomic E-state index is -3.63. The van der Waals surface area contributed by atoms with E-state index in [-0.39, 0.29) is 10.8 Å². The lowest BCUT2D eigenvalue weighted by Crippen LogP contribution is -2.33. The van der Waals surface area contributed by atoms with Gasteiger partial charge in [0.25, 0.3) is 0 Å². The van der Waals surface area contributed by atoms with Gasteiger partial charge in [-0.2, -0.15) is 0 Å². The number of hydrogen-bond donors (Lipinski definition) is 3. The van der Waals surface area contributed by atoms with Crippen LogP contribution in [0.5, 0.6) is 0 Å². The second-order valence-electron chi connectivity index (χ2n) is 5.59. The number of hydrogen-bond acceptors (Lipinski definition) is 5. The number of carbonyl (C=O) groups excluding carboxylic acids is 1. The number of carbonyl (C=O) groups is 1. The number of nitrogens with two attached hydrogens (primary N) is 1. The van der Waals surface area contributed by atoms with Crippen molar-refractivity contribution >= 4 is 15.9 Å². The Morgan fingerprint density at radius 3 is 2.35 bits per heavy atom. The highest BCUT2D eigenvalue weighted by Crippen LogP contribution is 2.08. The van der Waals surface area contributed by atoms with Gasteiger partial charge in [-0.15, -0.1) is 0 Å². The SMILES string of the molecule is CN(C)CCNC(=O)CCNCCc1ccc(S(N)(=O)=O)cc1. The van der Waals surface area contributed by atoms with E-state index in [1.54, 1.807) is 12.1 Å². The van der Waals surface area contributed by atoms with E-state index < -0.39 is 10.0 Å². The number of sulfonamides is 1. The van der Waals surface area contributed by atoms with Gasteiger partial charge in [-0.1, -0.05) is 12.1 Å². The summed E-state index contributed by atoms with van der Waals surface area (Å²) >= 11 is 0. The van der Waals surface area contributed by atoms with Gasteiger partial charge in [0, 0.05) is 26.1 Å². The van der Waals surface area contributed by atoms with Gasteiger partial charge in [0.2, 0.25) is 15.9 Å². The van der Waals surface area contributed by atoms with E-state index in [2.05, 4.69) is 10.6 Å². The van der Waals surface area contributed by atoms with Crippen molar-refractivity contribution in [3.63, 3.8) is 0 Å². The van der Waals surface area contributed by atoms with E-state index in [1.807, 2.05) is 19.0 Å². The van der Waals surface area contributed by atoms with Crippen LogP contribution in [0, 0.1) is 0 Å². The third-order valence-corrected chi connectivity index (χ3v) is 4.18. The van der Waals surface area contributed by atoms with Gasteiger partial charge >= 0.3 is 0 Å². The number of nitrogens with zero attached hydrogens (tertiary/aromatic N) is 1. The number of amides is 1. The fraction of sp³-hybridized carbons (Fsp3) is 0.533. The molecule has 8 heteroatoms. The maximum Gasteiger partial charge on any atom is 0.238 e. The van der Waals surface area contributed by atoms with E-state index in [4.69, 9.17) is 5.14 Å². The highest BCUT2D eigenvalue weighted by atomic mass is 32.2. The van der Waals surface area contributed by atoms with Crippen LogP contribution in [0.4, 0.5) is 0 Å². The van der Waals surface area contributed by atoms with Crippen molar-refractivity contribution in [3.8, 4) is 0 Å². The molecule has 7 nitrogen and oxygen atoms in total. The summed E-state index contributed by atoms with van der Waals surface area (Å²) in [6.45, 7) is 2.82. The number of nitrogens with one attached hydrogen (secondary N) is 2. The molecule has 0 atom stereocenters. The third kappa shape index (κ3) is 8.65. The second kappa shape index (κ2) is 9.61. The summed E-state index contributed by atoms with van der Waals surface area (Å²) in [6, 6.07) is 6.50. The third-order valence-electron chi connectivity index (χ3n) is 3.25. The molecule has 0 heterocycles. The molecule has 0 saturated heterocycles. The summed E-state index contributed by atoms with van der Waals surface area (Å²) in [5, 5.41) is 11.1. The zero-order valence-electron chi connectivity index (χ0n) is 13.7. The first-order valence-electron chi connectivity index (χ1n) is 7.53. The Morgan fingerprint density at radius 2 is 1.78 bits per heavy atom. The van der Waals surface area contributed by atoms with Crippen molar-refractivity contribution in [1.82, 2.24) is 15.5 Å². The van der Waals surface area contributed by atoms with Crippen molar-refractivity contribution in [2.24, 2.45) is 5.14 Å². The van der Waals surface area contributed by atoms with Crippen LogP contribution in [0.2, 0.25) is 0 Å². The molecule has 0 unspecified atom stereocenters. The van der Waals surface area contributed by atoms with E-state index in [1.165, 1.54) is 12.1 Å². The van der Waals surface area contributed by atoms with Crippen molar-refractivity contribution in [2.75, 3.05) is 40.3 Å². The molecule has 0 spiro atoms. The summed E-state index contributed by atoms with van der Waals surface area (Å²) in [4.78, 5) is 13.7. The van der Waals surface area contributed by atoms with Crippen LogP contribution < -0.4 is 15.8 Å². The van der Waals surface area contributed by atoms with E-state index in [0.717, 1.165) is 25.1 Å². The lowest BCUT2D eigenvalue weighted by molar-refractivity contribution is -0.121. The molecule has 0 radical (unpaired) electrons. The topological polar surface area (TPSA) is 105 Å². The second-order valence-corrected chi connectivity index (χ2v) is 7.15. The lowest BCUT2D eigenvalue weighted by atomic mass is 10.1. The Labute approximate surface area is 138 Å². The average Bonchev–Trinajstić information content (AvgIpc) is 2.46. The van der Waals surface area contributed by atoms with Gasteiger partial charge in [-0.3, -0.25) is 4.79 Å². The van der Waals surface area contributed by atoms with Gasteiger partial charge in [-0.25, -0.2) is 13.6 Å². The van der Waals surface area contributed by atoms with Gasteiger partial charge < -0.3 is 15.5 Å². The van der Waals surface area contributed by atoms with Crippen LogP contribution in [-0.4, -0.2) is 59.5 Å². The van der Waals surface area contributed by atoms with Crippen molar-refractivity contribution in [3.05, 3.63) is 29.8 Å². The fourth-order valence-electron chi connectivity index (χ4n) is 1.91. The number of rotatable bonds is 10. The molecule has 1 aromatic carbocycles. The molecule has 0 saturated carbocycles. The van der Waals surface area contributed by atoms with Crippen LogP contribution in [0.3, 0.4) is 0 Å². The Balaban J connectivity index is 2.16. The van der Waals surface area contributed by atoms with Gasteiger partial charge in [0.15, 0.2) is 0 Å².